The second-order valence-corrected chi connectivity index (χ2v) is 8.09. The second-order valence-electron chi connectivity index (χ2n) is 7.31. The van der Waals surface area contributed by atoms with Gasteiger partial charge >= 0.3 is 0 Å². The Morgan fingerprint density at radius 1 is 0.935 bits per heavy atom. The smallest absolute Gasteiger partial charge is 0.257 e. The van der Waals surface area contributed by atoms with Gasteiger partial charge in [-0.1, -0.05) is 30.3 Å². The molecule has 0 unspecified atom stereocenters. The summed E-state index contributed by atoms with van der Waals surface area (Å²) in [6, 6.07) is 18.7. The highest BCUT2D eigenvalue weighted by Crippen LogP contribution is 2.26. The van der Waals surface area contributed by atoms with Crippen molar-refractivity contribution in [3.05, 3.63) is 82.6 Å². The third kappa shape index (κ3) is 5.51. The first-order valence-electron chi connectivity index (χ1n) is 10.3. The second kappa shape index (κ2) is 10.2. The Balaban J connectivity index is 1.28. The number of carbonyl (C=O) groups excluding carboxylic acids is 2. The van der Waals surface area contributed by atoms with Crippen molar-refractivity contribution in [1.82, 2.24) is 15.1 Å². The molecule has 1 N–H and O–H groups in total. The van der Waals surface area contributed by atoms with Crippen LogP contribution in [0.15, 0.2) is 71.4 Å². The molecule has 31 heavy (non-hydrogen) atoms. The molecule has 2 heterocycles. The fourth-order valence-electron chi connectivity index (χ4n) is 3.52. The van der Waals surface area contributed by atoms with Crippen LogP contribution >= 0.6 is 11.3 Å². The minimum atomic E-state index is -0.0370. The summed E-state index contributed by atoms with van der Waals surface area (Å²) >= 11 is 1.51. The lowest BCUT2D eigenvalue weighted by Gasteiger charge is -2.35. The van der Waals surface area contributed by atoms with E-state index in [9.17, 15) is 9.59 Å². The molecule has 0 saturated carbocycles. The quantitative estimate of drug-likeness (QED) is 0.614. The highest BCUT2D eigenvalue weighted by atomic mass is 32.1. The number of ether oxygens (including phenoxy) is 1. The molecule has 1 aromatic heterocycles. The van der Waals surface area contributed by atoms with E-state index >= 15 is 0 Å². The van der Waals surface area contributed by atoms with Gasteiger partial charge in [0.25, 0.3) is 11.8 Å². The van der Waals surface area contributed by atoms with Crippen LogP contribution in [0.2, 0.25) is 0 Å². The van der Waals surface area contributed by atoms with E-state index < -0.39 is 0 Å². The molecular weight excluding hydrogens is 410 g/mol. The van der Waals surface area contributed by atoms with Crippen molar-refractivity contribution in [3.8, 4) is 11.5 Å². The largest absolute Gasteiger partial charge is 0.457 e. The normalized spacial score (nSPS) is 14.3. The Bertz CT molecular complexity index is 1000. The average Bonchev–Trinajstić information content (AvgIpc) is 3.35. The third-order valence-electron chi connectivity index (χ3n) is 5.24. The van der Waals surface area contributed by atoms with E-state index in [1.54, 1.807) is 0 Å². The zero-order chi connectivity index (χ0) is 21.5. The molecule has 3 aromatic rings. The van der Waals surface area contributed by atoms with E-state index in [4.69, 9.17) is 4.74 Å². The summed E-state index contributed by atoms with van der Waals surface area (Å²) < 4.78 is 5.95. The number of hydrogen-bond donors (Lipinski definition) is 1. The standard InChI is InChI=1S/C24H25N3O3S/c28-23(19-10-17-31-18-19)25-11-12-26-13-15-27(16-14-26)24(29)21-8-4-5-9-22(21)30-20-6-2-1-3-7-20/h1-10,17-18H,11-16H2,(H,25,28). The molecule has 0 aliphatic carbocycles. The van der Waals surface area contributed by atoms with Crippen LogP contribution in [0.5, 0.6) is 11.5 Å². The molecule has 2 aromatic carbocycles. The number of nitrogens with zero attached hydrogens (tertiary/aromatic N) is 2. The number of piperazine rings is 1. The van der Waals surface area contributed by atoms with Gasteiger partial charge in [0.1, 0.15) is 11.5 Å². The number of hydrogen-bond acceptors (Lipinski definition) is 5. The van der Waals surface area contributed by atoms with Gasteiger partial charge in [-0.05, 0) is 35.7 Å². The Morgan fingerprint density at radius 3 is 2.42 bits per heavy atom. The van der Waals surface area contributed by atoms with Crippen LogP contribution in [-0.2, 0) is 0 Å². The molecule has 6 nitrogen and oxygen atoms in total. The molecule has 160 valence electrons. The number of benzene rings is 2. The Labute approximate surface area is 186 Å². The number of para-hydroxylation sites is 2. The van der Waals surface area contributed by atoms with Gasteiger partial charge in [-0.25, -0.2) is 0 Å². The summed E-state index contributed by atoms with van der Waals surface area (Å²) in [6.07, 6.45) is 0. The fraction of sp³-hybridized carbons (Fsp3) is 0.250. The van der Waals surface area contributed by atoms with Crippen molar-refractivity contribution < 1.29 is 14.3 Å². The van der Waals surface area contributed by atoms with E-state index in [1.165, 1.54) is 11.3 Å². The molecule has 7 heteroatoms. The third-order valence-corrected chi connectivity index (χ3v) is 5.93. The number of rotatable bonds is 7. The Morgan fingerprint density at radius 2 is 1.68 bits per heavy atom. The number of carbonyl (C=O) groups is 2. The lowest BCUT2D eigenvalue weighted by atomic mass is 10.1. The maximum absolute atomic E-state index is 13.1. The van der Waals surface area contributed by atoms with Crippen LogP contribution in [0, 0.1) is 0 Å². The Hall–Kier alpha value is -3.16. The summed E-state index contributed by atoms with van der Waals surface area (Å²) in [7, 11) is 0. The zero-order valence-corrected chi connectivity index (χ0v) is 18.0. The van der Waals surface area contributed by atoms with Gasteiger partial charge in [0, 0.05) is 50.2 Å². The van der Waals surface area contributed by atoms with Gasteiger partial charge in [-0.3, -0.25) is 14.5 Å². The minimum Gasteiger partial charge on any atom is -0.457 e. The minimum absolute atomic E-state index is 0.0167. The van der Waals surface area contributed by atoms with Crippen molar-refractivity contribution in [2.24, 2.45) is 0 Å². The number of thiophene rings is 1. The molecule has 4 rings (SSSR count). The van der Waals surface area contributed by atoms with E-state index in [0.29, 0.717) is 42.3 Å². The zero-order valence-electron chi connectivity index (χ0n) is 17.2. The summed E-state index contributed by atoms with van der Waals surface area (Å²) in [4.78, 5) is 29.3. The predicted octanol–water partition coefficient (Wildman–Crippen LogP) is 3.73. The lowest BCUT2D eigenvalue weighted by Crippen LogP contribution is -2.50. The molecule has 2 amide bonds. The van der Waals surface area contributed by atoms with E-state index in [0.717, 1.165) is 19.6 Å². The first-order valence-corrected chi connectivity index (χ1v) is 11.3. The molecule has 1 fully saturated rings. The molecule has 0 radical (unpaired) electrons. The summed E-state index contributed by atoms with van der Waals surface area (Å²) in [5.74, 6) is 1.22. The SMILES string of the molecule is O=C(NCCN1CCN(C(=O)c2ccccc2Oc2ccccc2)CC1)c1ccsc1. The number of amides is 2. The highest BCUT2D eigenvalue weighted by Gasteiger charge is 2.24. The molecule has 1 saturated heterocycles. The van der Waals surface area contributed by atoms with Crippen LogP contribution < -0.4 is 10.1 Å². The van der Waals surface area contributed by atoms with E-state index in [1.807, 2.05) is 76.3 Å². The van der Waals surface area contributed by atoms with Gasteiger partial charge in [0.2, 0.25) is 0 Å². The maximum Gasteiger partial charge on any atom is 0.257 e. The van der Waals surface area contributed by atoms with Crippen LogP contribution in [-0.4, -0.2) is 60.9 Å². The van der Waals surface area contributed by atoms with Crippen LogP contribution in [0.4, 0.5) is 0 Å². The predicted molar refractivity (Wildman–Crippen MR) is 122 cm³/mol. The summed E-state index contributed by atoms with van der Waals surface area (Å²) in [5, 5.41) is 6.70. The molecule has 1 aliphatic rings. The molecule has 0 atom stereocenters. The lowest BCUT2D eigenvalue weighted by molar-refractivity contribution is 0.0635. The van der Waals surface area contributed by atoms with Crippen molar-refractivity contribution in [3.63, 3.8) is 0 Å². The van der Waals surface area contributed by atoms with Gasteiger partial charge in [-0.15, -0.1) is 0 Å². The summed E-state index contributed by atoms with van der Waals surface area (Å²) in [5.41, 5.74) is 1.28. The van der Waals surface area contributed by atoms with Crippen LogP contribution in [0.3, 0.4) is 0 Å². The van der Waals surface area contributed by atoms with Crippen molar-refractivity contribution in [2.75, 3.05) is 39.3 Å². The van der Waals surface area contributed by atoms with Crippen molar-refractivity contribution in [2.45, 2.75) is 0 Å². The monoisotopic (exact) mass is 435 g/mol. The first-order chi connectivity index (χ1) is 15.2. The van der Waals surface area contributed by atoms with E-state index in [2.05, 4.69) is 10.2 Å². The molecule has 1 aliphatic heterocycles. The Kier molecular flexibility index (Phi) is 6.96. The van der Waals surface area contributed by atoms with Gasteiger partial charge < -0.3 is 15.0 Å². The fourth-order valence-corrected chi connectivity index (χ4v) is 4.15. The average molecular weight is 436 g/mol. The molecule has 0 bridgehead atoms. The van der Waals surface area contributed by atoms with Crippen LogP contribution in [0.1, 0.15) is 20.7 Å². The topological polar surface area (TPSA) is 61.9 Å². The van der Waals surface area contributed by atoms with Crippen molar-refractivity contribution >= 4 is 23.2 Å². The van der Waals surface area contributed by atoms with Crippen LogP contribution in [0.25, 0.3) is 0 Å². The first kappa shape index (κ1) is 21.1. The maximum atomic E-state index is 13.1. The van der Waals surface area contributed by atoms with Crippen molar-refractivity contribution in [1.29, 1.82) is 0 Å². The number of nitrogens with one attached hydrogen (secondary N) is 1. The van der Waals surface area contributed by atoms with E-state index in [-0.39, 0.29) is 11.8 Å². The van der Waals surface area contributed by atoms with Gasteiger partial charge in [0.05, 0.1) is 5.56 Å². The summed E-state index contributed by atoms with van der Waals surface area (Å²) in [6.45, 7) is 4.22. The highest BCUT2D eigenvalue weighted by molar-refractivity contribution is 7.08. The molecule has 0 spiro atoms. The van der Waals surface area contributed by atoms with Gasteiger partial charge in [-0.2, -0.15) is 11.3 Å². The molecular formula is C24H25N3O3S. The van der Waals surface area contributed by atoms with Gasteiger partial charge in [0.15, 0.2) is 0 Å².